The minimum absolute atomic E-state index is 0.0708. The number of unbranched alkanes of at least 4 members (excludes halogenated alkanes) is 5. The van der Waals surface area contributed by atoms with E-state index < -0.39 is 0 Å². The molecule has 0 aliphatic carbocycles. The highest BCUT2D eigenvalue weighted by Crippen LogP contribution is 2.27. The molecule has 0 atom stereocenters. The topological polar surface area (TPSA) is 42.2 Å². The molecule has 1 N–H and O–H groups in total. The summed E-state index contributed by atoms with van der Waals surface area (Å²) in [5.41, 5.74) is 2.75. The van der Waals surface area contributed by atoms with Crippen molar-refractivity contribution in [3.63, 3.8) is 0 Å². The maximum Gasteiger partial charge on any atom is 0.269 e. The number of amides is 1. The summed E-state index contributed by atoms with van der Waals surface area (Å²) in [6, 6.07) is 13.6. The molecule has 33 heavy (non-hydrogen) atoms. The Kier molecular flexibility index (Phi) is 10.2. The molecule has 3 aromatic rings. The SMILES string of the molecule is CCCCCCCCOc1ccc(CC(=O)Nc2cccc(-c3scc[n+]3CC)c2)cc1Cl. The van der Waals surface area contributed by atoms with Crippen LogP contribution in [0.2, 0.25) is 5.02 Å². The average Bonchev–Trinajstić information content (AvgIpc) is 3.29. The van der Waals surface area contributed by atoms with E-state index in [4.69, 9.17) is 16.3 Å². The molecule has 0 aliphatic heterocycles. The molecular weight excluding hydrogens is 452 g/mol. The minimum atomic E-state index is -0.0708. The lowest BCUT2D eigenvalue weighted by Gasteiger charge is -2.10. The van der Waals surface area contributed by atoms with Crippen molar-refractivity contribution in [1.29, 1.82) is 0 Å². The zero-order valence-electron chi connectivity index (χ0n) is 19.6. The van der Waals surface area contributed by atoms with Crippen LogP contribution < -0.4 is 14.6 Å². The lowest BCUT2D eigenvalue weighted by molar-refractivity contribution is -0.678. The summed E-state index contributed by atoms with van der Waals surface area (Å²) >= 11 is 8.10. The van der Waals surface area contributed by atoms with Crippen molar-refractivity contribution < 1.29 is 14.1 Å². The molecule has 1 heterocycles. The van der Waals surface area contributed by atoms with Gasteiger partial charge in [0.1, 0.15) is 12.3 Å². The van der Waals surface area contributed by atoms with Crippen LogP contribution in [0.1, 0.15) is 57.9 Å². The van der Waals surface area contributed by atoms with Crippen LogP contribution in [0.25, 0.3) is 10.6 Å². The summed E-state index contributed by atoms with van der Waals surface area (Å²) in [4.78, 5) is 12.6. The normalized spacial score (nSPS) is 10.9. The van der Waals surface area contributed by atoms with Crippen LogP contribution in [0.5, 0.6) is 5.75 Å². The van der Waals surface area contributed by atoms with Crippen molar-refractivity contribution in [2.75, 3.05) is 11.9 Å². The van der Waals surface area contributed by atoms with Crippen LogP contribution in [0.15, 0.2) is 54.0 Å². The van der Waals surface area contributed by atoms with Gasteiger partial charge in [-0.15, -0.1) is 0 Å². The van der Waals surface area contributed by atoms with Crippen molar-refractivity contribution >= 4 is 34.5 Å². The molecule has 3 rings (SSSR count). The van der Waals surface area contributed by atoms with Crippen LogP contribution >= 0.6 is 22.9 Å². The summed E-state index contributed by atoms with van der Waals surface area (Å²) in [6.45, 7) is 5.93. The Labute approximate surface area is 206 Å². The van der Waals surface area contributed by atoms with E-state index in [-0.39, 0.29) is 12.3 Å². The first-order chi connectivity index (χ1) is 16.1. The third kappa shape index (κ3) is 7.86. The lowest BCUT2D eigenvalue weighted by Crippen LogP contribution is -2.31. The second-order valence-corrected chi connectivity index (χ2v) is 9.48. The van der Waals surface area contributed by atoms with Gasteiger partial charge in [0.25, 0.3) is 5.01 Å². The molecular formula is C27H34ClN2O2S+. The van der Waals surface area contributed by atoms with Gasteiger partial charge in [0.05, 0.1) is 29.0 Å². The highest BCUT2D eigenvalue weighted by atomic mass is 35.5. The van der Waals surface area contributed by atoms with Gasteiger partial charge in [0, 0.05) is 5.69 Å². The summed E-state index contributed by atoms with van der Waals surface area (Å²) in [5.74, 6) is 0.612. The van der Waals surface area contributed by atoms with E-state index in [2.05, 4.69) is 41.4 Å². The largest absolute Gasteiger partial charge is 0.492 e. The number of nitrogens with one attached hydrogen (secondary N) is 1. The molecule has 0 bridgehead atoms. The minimum Gasteiger partial charge on any atom is -0.492 e. The number of aryl methyl sites for hydroxylation is 1. The molecule has 0 saturated carbocycles. The molecule has 6 heteroatoms. The number of nitrogens with zero attached hydrogens (tertiary/aromatic N) is 1. The number of rotatable bonds is 13. The summed E-state index contributed by atoms with van der Waals surface area (Å²) in [5, 5.41) is 6.82. The van der Waals surface area contributed by atoms with Gasteiger partial charge in [0.15, 0.2) is 6.20 Å². The smallest absolute Gasteiger partial charge is 0.269 e. The van der Waals surface area contributed by atoms with E-state index in [1.54, 1.807) is 11.3 Å². The third-order valence-corrected chi connectivity index (χ3v) is 6.78. The van der Waals surface area contributed by atoms with E-state index in [0.29, 0.717) is 17.4 Å². The van der Waals surface area contributed by atoms with E-state index in [1.807, 2.05) is 36.4 Å². The number of hydrogen-bond acceptors (Lipinski definition) is 3. The van der Waals surface area contributed by atoms with Gasteiger partial charge in [-0.05, 0) is 49.2 Å². The highest BCUT2D eigenvalue weighted by Gasteiger charge is 2.14. The predicted molar refractivity (Wildman–Crippen MR) is 138 cm³/mol. The van der Waals surface area contributed by atoms with E-state index in [9.17, 15) is 4.79 Å². The second kappa shape index (κ2) is 13.4. The number of hydrogen-bond donors (Lipinski definition) is 1. The highest BCUT2D eigenvalue weighted by molar-refractivity contribution is 7.12. The standard InChI is InChI=1S/C27H33ClN2O2S/c1-3-5-6-7-8-9-16-32-25-14-13-21(18-24(25)28)19-26(31)29-23-12-10-11-22(20-23)27-30(4-2)15-17-33-27/h10-15,17-18,20H,3-9,16,19H2,1-2H3/p+1. The van der Waals surface area contributed by atoms with Gasteiger partial charge in [-0.25, -0.2) is 0 Å². The Morgan fingerprint density at radius 3 is 2.67 bits per heavy atom. The average molecular weight is 486 g/mol. The first kappa shape index (κ1) is 25.3. The van der Waals surface area contributed by atoms with Gasteiger partial charge in [0.2, 0.25) is 5.91 Å². The van der Waals surface area contributed by atoms with Gasteiger partial charge in [-0.1, -0.05) is 74.1 Å². The summed E-state index contributed by atoms with van der Waals surface area (Å²) < 4.78 is 8.03. The van der Waals surface area contributed by atoms with E-state index in [1.165, 1.54) is 37.1 Å². The summed E-state index contributed by atoms with van der Waals surface area (Å²) in [7, 11) is 0. The second-order valence-electron chi connectivity index (χ2n) is 8.18. The van der Waals surface area contributed by atoms with Crippen LogP contribution in [-0.2, 0) is 17.8 Å². The molecule has 0 spiro atoms. The fraction of sp³-hybridized carbons (Fsp3) is 0.407. The first-order valence-corrected chi connectivity index (χ1v) is 13.1. The fourth-order valence-electron chi connectivity index (χ4n) is 3.74. The zero-order valence-corrected chi connectivity index (χ0v) is 21.2. The first-order valence-electron chi connectivity index (χ1n) is 11.9. The monoisotopic (exact) mass is 485 g/mol. The molecule has 0 radical (unpaired) electrons. The molecule has 0 aliphatic rings. The van der Waals surface area contributed by atoms with Gasteiger partial charge < -0.3 is 10.1 Å². The summed E-state index contributed by atoms with van der Waals surface area (Å²) in [6.07, 6.45) is 9.68. The molecule has 0 fully saturated rings. The van der Waals surface area contributed by atoms with E-state index >= 15 is 0 Å². The lowest BCUT2D eigenvalue weighted by atomic mass is 10.1. The number of ether oxygens (including phenoxy) is 1. The Morgan fingerprint density at radius 2 is 1.88 bits per heavy atom. The maximum atomic E-state index is 12.6. The van der Waals surface area contributed by atoms with Gasteiger partial charge in [-0.3, -0.25) is 4.79 Å². The number of carbonyl (C=O) groups excluding carboxylic acids is 1. The fourth-order valence-corrected chi connectivity index (χ4v) is 4.93. The number of aromatic nitrogens is 1. The van der Waals surface area contributed by atoms with Gasteiger partial charge in [-0.2, -0.15) is 4.57 Å². The van der Waals surface area contributed by atoms with E-state index in [0.717, 1.165) is 29.8 Å². The number of anilines is 1. The van der Waals surface area contributed by atoms with Crippen molar-refractivity contribution in [2.24, 2.45) is 0 Å². The Morgan fingerprint density at radius 1 is 1.06 bits per heavy atom. The Bertz CT molecular complexity index is 1030. The molecule has 0 unspecified atom stereocenters. The van der Waals surface area contributed by atoms with Crippen molar-refractivity contribution in [2.45, 2.75) is 65.3 Å². The van der Waals surface area contributed by atoms with Crippen LogP contribution in [0.4, 0.5) is 5.69 Å². The molecule has 1 amide bonds. The molecule has 0 saturated heterocycles. The molecule has 1 aromatic heterocycles. The zero-order chi connectivity index (χ0) is 23.5. The number of thiazole rings is 1. The Balaban J connectivity index is 1.50. The van der Waals surface area contributed by atoms with Crippen molar-refractivity contribution in [1.82, 2.24) is 0 Å². The Hall–Kier alpha value is -2.37. The van der Waals surface area contributed by atoms with Gasteiger partial charge >= 0.3 is 0 Å². The predicted octanol–water partition coefficient (Wildman–Crippen LogP) is 7.30. The number of benzene rings is 2. The van der Waals surface area contributed by atoms with Crippen LogP contribution in [-0.4, -0.2) is 12.5 Å². The van der Waals surface area contributed by atoms with Crippen molar-refractivity contribution in [3.05, 3.63) is 64.6 Å². The molecule has 2 aromatic carbocycles. The quantitative estimate of drug-likeness (QED) is 0.204. The molecule has 176 valence electrons. The number of halogens is 1. The maximum absolute atomic E-state index is 12.6. The third-order valence-electron chi connectivity index (χ3n) is 5.53. The number of carbonyl (C=O) groups is 1. The van der Waals surface area contributed by atoms with Crippen molar-refractivity contribution in [3.8, 4) is 16.3 Å². The van der Waals surface area contributed by atoms with Crippen LogP contribution in [0.3, 0.4) is 0 Å². The molecule has 4 nitrogen and oxygen atoms in total. The van der Waals surface area contributed by atoms with Crippen LogP contribution in [0, 0.1) is 0 Å².